The van der Waals surface area contributed by atoms with Crippen LogP contribution < -0.4 is 0 Å². The molecule has 0 aromatic rings. The van der Waals surface area contributed by atoms with Crippen molar-refractivity contribution in [1.82, 2.24) is 0 Å². The summed E-state index contributed by atoms with van der Waals surface area (Å²) in [5.41, 5.74) is -6.69. The van der Waals surface area contributed by atoms with E-state index in [0.29, 0.717) is 6.92 Å². The van der Waals surface area contributed by atoms with Crippen LogP contribution in [0.3, 0.4) is 0 Å². The molecule has 0 aromatic heterocycles. The van der Waals surface area contributed by atoms with E-state index >= 15 is 0 Å². The molecule has 364 valence electrons. The minimum Gasteiger partial charge on any atom is -0.390 e. The zero-order valence-electron chi connectivity index (χ0n) is 26.3. The fraction of sp³-hybridized carbons (Fsp3) is 1.00. The number of rotatable bonds is 7. The van der Waals surface area contributed by atoms with Crippen LogP contribution in [-0.4, -0.2) is 131 Å². The number of halogens is 35. The highest BCUT2D eigenvalue weighted by Crippen LogP contribution is 2.52. The van der Waals surface area contributed by atoms with Crippen molar-refractivity contribution in [2.45, 2.75) is 110 Å². The van der Waals surface area contributed by atoms with Gasteiger partial charge in [-0.05, 0) is 0 Å². The van der Waals surface area contributed by atoms with Gasteiger partial charge in [0.05, 0.1) is 0 Å². The smallest absolute Gasteiger partial charge is 0.390 e. The Morgan fingerprint density at radius 2 is 0.627 bits per heavy atom. The Hall–Kier alpha value is -2.61. The maximum Gasteiger partial charge on any atom is 0.459 e. The molecule has 0 aliphatic rings. The van der Waals surface area contributed by atoms with E-state index in [1.54, 1.807) is 0 Å². The van der Waals surface area contributed by atoms with Gasteiger partial charge < -0.3 is 20.4 Å². The van der Waals surface area contributed by atoms with Gasteiger partial charge in [-0.2, -0.15) is 145 Å². The quantitative estimate of drug-likeness (QED) is 0.192. The van der Waals surface area contributed by atoms with Gasteiger partial charge in [-0.25, -0.2) is 8.78 Å². The van der Waals surface area contributed by atoms with Crippen LogP contribution >= 0.6 is 0 Å². The van der Waals surface area contributed by atoms with E-state index in [4.69, 9.17) is 20.4 Å². The summed E-state index contributed by atoms with van der Waals surface area (Å²) in [6.07, 6.45) is -54.4. The third-order valence-electron chi connectivity index (χ3n) is 5.07. The van der Waals surface area contributed by atoms with Gasteiger partial charge >= 0.3 is 90.8 Å². The molecular formula is C20H15F35O4. The lowest BCUT2D eigenvalue weighted by atomic mass is 10.0. The van der Waals surface area contributed by atoms with Crippen molar-refractivity contribution in [2.75, 3.05) is 13.2 Å². The van der Waals surface area contributed by atoms with Crippen LogP contribution in [0, 0.1) is 0 Å². The lowest BCUT2D eigenvalue weighted by Crippen LogP contribution is -2.66. The topological polar surface area (TPSA) is 80.9 Å². The molecule has 59 heavy (non-hydrogen) atoms. The number of aliphatic hydroxyl groups is 4. The Balaban J connectivity index is -0.000000208. The summed E-state index contributed by atoms with van der Waals surface area (Å²) in [5.74, 6) is -34.1. The van der Waals surface area contributed by atoms with E-state index in [-0.39, 0.29) is 0 Å². The van der Waals surface area contributed by atoms with Gasteiger partial charge in [0.15, 0.2) is 0 Å². The van der Waals surface area contributed by atoms with Gasteiger partial charge in [0.1, 0.15) is 13.2 Å². The average molecular weight is 984 g/mol. The fourth-order valence-corrected chi connectivity index (χ4v) is 1.67. The molecule has 0 amide bonds. The monoisotopic (exact) mass is 984 g/mol. The first kappa shape index (κ1) is 65.5. The summed E-state index contributed by atoms with van der Waals surface area (Å²) in [7, 11) is 0. The van der Waals surface area contributed by atoms with E-state index in [0.717, 1.165) is 0 Å². The second-order valence-electron chi connectivity index (χ2n) is 9.54. The van der Waals surface area contributed by atoms with E-state index in [2.05, 4.69) is 0 Å². The molecule has 0 saturated heterocycles. The number of alkyl halides is 35. The van der Waals surface area contributed by atoms with Gasteiger partial charge in [0.2, 0.25) is 6.10 Å². The predicted octanol–water partition coefficient (Wildman–Crippen LogP) is 10.4. The SMILES string of the molecule is CCC(F)(F)C(F)(F)C(F)(F)F.OC(C(F)(F)F)(C(F)(F)F)C(F)(F)F.OC(C(F)(F)F)C(F)(F)F.OCC(F)(F)C(F)(F)C(F)(F)C(F)F.OCC(F)(F)C(F)(F)F. The Bertz CT molecular complexity index is 1140. The third-order valence-corrected chi connectivity index (χ3v) is 5.07. The van der Waals surface area contributed by atoms with Crippen molar-refractivity contribution in [2.24, 2.45) is 0 Å². The largest absolute Gasteiger partial charge is 0.459 e. The molecule has 0 unspecified atom stereocenters. The van der Waals surface area contributed by atoms with Crippen LogP contribution in [0.4, 0.5) is 154 Å². The van der Waals surface area contributed by atoms with E-state index < -0.39 is 117 Å². The lowest BCUT2D eigenvalue weighted by Gasteiger charge is -2.33. The maximum atomic E-state index is 12.1. The van der Waals surface area contributed by atoms with E-state index in [9.17, 15) is 154 Å². The molecule has 0 bridgehead atoms. The molecule has 0 rings (SSSR count). The molecular weight excluding hydrogens is 969 g/mol. The zero-order valence-corrected chi connectivity index (χ0v) is 26.3. The molecule has 4 N–H and O–H groups in total. The van der Waals surface area contributed by atoms with Crippen LogP contribution in [0.1, 0.15) is 13.3 Å². The molecule has 0 radical (unpaired) electrons. The summed E-state index contributed by atoms with van der Waals surface area (Å²) in [6.45, 7) is -4.29. The van der Waals surface area contributed by atoms with Crippen molar-refractivity contribution >= 4 is 0 Å². The molecule has 4 nitrogen and oxygen atoms in total. The Labute approximate surface area is 299 Å². The van der Waals surface area contributed by atoms with E-state index in [1.165, 1.54) is 0 Å². The molecule has 0 fully saturated rings. The van der Waals surface area contributed by atoms with Crippen LogP contribution in [0.15, 0.2) is 0 Å². The van der Waals surface area contributed by atoms with Gasteiger partial charge in [-0.3, -0.25) is 0 Å². The lowest BCUT2D eigenvalue weighted by molar-refractivity contribution is -0.447. The fourth-order valence-electron chi connectivity index (χ4n) is 1.67. The first-order chi connectivity index (χ1) is 24.8. The van der Waals surface area contributed by atoms with Gasteiger partial charge in [-0.1, -0.05) is 6.92 Å². The predicted molar refractivity (Wildman–Crippen MR) is 113 cm³/mol. The summed E-state index contributed by atoms with van der Waals surface area (Å²) in [6, 6.07) is 0. The highest BCUT2D eigenvalue weighted by Gasteiger charge is 2.84. The summed E-state index contributed by atoms with van der Waals surface area (Å²) >= 11 is 0. The Morgan fingerprint density at radius 1 is 0.373 bits per heavy atom. The standard InChI is InChI=1S/C5H4F8O.C5H5F7.C4HF9O.C3H2F6O.C3H3F5O/c6-2(7)4(10,11)5(12,13)3(8,9)1-14;1-2-3(6,7)4(8,9)5(10,11)12;5-2(6,7)1(14,3(8,9)10)4(11,12)13;4-2(5,6)1(10)3(7,8)9;4-2(5,1-9)3(6,7)8/h2,14H,1H2;2H2,1H3;14H;1,10H;9H,1H2. The zero-order chi connectivity index (χ0) is 50.3. The summed E-state index contributed by atoms with van der Waals surface area (Å²) < 4.78 is 400. The summed E-state index contributed by atoms with van der Waals surface area (Å²) in [5, 5.41) is 30.2. The second-order valence-corrected chi connectivity index (χ2v) is 9.54. The first-order valence-corrected chi connectivity index (χ1v) is 12.4. The number of hydrogen-bond acceptors (Lipinski definition) is 4. The van der Waals surface area contributed by atoms with Gasteiger partial charge in [-0.15, -0.1) is 0 Å². The molecule has 0 heterocycles. The molecule has 0 aromatic carbocycles. The Morgan fingerprint density at radius 3 is 0.695 bits per heavy atom. The van der Waals surface area contributed by atoms with Crippen LogP contribution in [-0.2, 0) is 0 Å². The molecule has 0 saturated carbocycles. The van der Waals surface area contributed by atoms with Gasteiger partial charge in [0.25, 0.3) is 0 Å². The average Bonchev–Trinajstić information content (AvgIpc) is 2.97. The first-order valence-electron chi connectivity index (χ1n) is 12.4. The second kappa shape index (κ2) is 20.1. The third kappa shape index (κ3) is 17.0. The van der Waals surface area contributed by atoms with Crippen molar-refractivity contribution in [3.63, 3.8) is 0 Å². The normalized spacial score (nSPS) is 14.9. The van der Waals surface area contributed by atoms with Crippen LogP contribution in [0.25, 0.3) is 0 Å². The van der Waals surface area contributed by atoms with Crippen molar-refractivity contribution < 1.29 is 174 Å². The molecule has 0 spiro atoms. The van der Waals surface area contributed by atoms with Crippen molar-refractivity contribution in [3.8, 4) is 0 Å². The van der Waals surface area contributed by atoms with Crippen molar-refractivity contribution in [1.29, 1.82) is 0 Å². The van der Waals surface area contributed by atoms with Crippen molar-refractivity contribution in [3.05, 3.63) is 0 Å². The highest BCUT2D eigenvalue weighted by molar-refractivity contribution is 5.00. The number of hydrogen-bond donors (Lipinski definition) is 4. The Kier molecular flexibility index (Phi) is 22.3. The molecule has 0 aliphatic heterocycles. The van der Waals surface area contributed by atoms with Gasteiger partial charge in [0, 0.05) is 6.42 Å². The van der Waals surface area contributed by atoms with Crippen LogP contribution in [0.5, 0.6) is 0 Å². The summed E-state index contributed by atoms with van der Waals surface area (Å²) in [4.78, 5) is 0. The molecule has 39 heteroatoms. The minimum atomic E-state index is -6.87. The van der Waals surface area contributed by atoms with E-state index in [1.807, 2.05) is 0 Å². The molecule has 0 atom stereocenters. The number of aliphatic hydroxyl groups excluding tert-OH is 3. The highest BCUT2D eigenvalue weighted by atomic mass is 19.5. The minimum absolute atomic E-state index is 0.555. The maximum absolute atomic E-state index is 12.1. The van der Waals surface area contributed by atoms with Crippen LogP contribution in [0.2, 0.25) is 0 Å². The molecule has 0 aliphatic carbocycles.